The number of halogens is 2. The van der Waals surface area contributed by atoms with Gasteiger partial charge in [-0.3, -0.25) is 9.59 Å². The topological polar surface area (TPSA) is 97.1 Å². The number of benzene rings is 1. The molecule has 2 aliphatic rings. The van der Waals surface area contributed by atoms with Crippen LogP contribution in [0.25, 0.3) is 10.2 Å². The van der Waals surface area contributed by atoms with Crippen LogP contribution >= 0.6 is 36.2 Å². The normalized spacial score (nSPS) is 25.9. The number of carbonyl (C=O) groups excluding carboxylic acids is 2. The Morgan fingerprint density at radius 2 is 1.82 bits per heavy atom. The first-order valence-corrected chi connectivity index (χ1v) is 10.1. The van der Waals surface area contributed by atoms with E-state index in [0.29, 0.717) is 17.0 Å². The van der Waals surface area contributed by atoms with Crippen LogP contribution in [0.2, 0.25) is 0 Å². The molecule has 4 rings (SSSR count). The fourth-order valence-electron chi connectivity index (χ4n) is 4.45. The lowest BCUT2D eigenvalue weighted by atomic mass is 9.65. The maximum Gasteiger partial charge on any atom is 0.227 e. The summed E-state index contributed by atoms with van der Waals surface area (Å²) in [6, 6.07) is 5.94. The van der Waals surface area contributed by atoms with Crippen LogP contribution < -0.4 is 16.4 Å². The molecule has 6 nitrogen and oxygen atoms in total. The predicted octanol–water partition coefficient (Wildman–Crippen LogP) is 4.19. The fourth-order valence-corrected chi connectivity index (χ4v) is 5.41. The van der Waals surface area contributed by atoms with E-state index in [1.54, 1.807) is 0 Å². The van der Waals surface area contributed by atoms with Gasteiger partial charge in [-0.25, -0.2) is 4.98 Å². The summed E-state index contributed by atoms with van der Waals surface area (Å²) in [7, 11) is 0. The third kappa shape index (κ3) is 4.76. The molecule has 2 fully saturated rings. The van der Waals surface area contributed by atoms with Gasteiger partial charge in [0, 0.05) is 24.6 Å². The van der Waals surface area contributed by atoms with Crippen molar-refractivity contribution >= 4 is 69.0 Å². The van der Waals surface area contributed by atoms with E-state index in [1.807, 2.05) is 18.2 Å². The Kier molecular flexibility index (Phi) is 7.67. The van der Waals surface area contributed by atoms with Crippen LogP contribution in [-0.4, -0.2) is 22.8 Å². The standard InChI is InChI=1S/C19H24N4O2S.2ClH/c1-10(24)21-19-23-15-6-5-14(9-16(15)26-19)22-18(25)13-7-11-3-2-4-12(8-13)17(11)20;;/h5-6,9,11-13,17H,2-4,7-8,20H2,1H3,(H,22,25)(H,21,23,24);2*1H. The van der Waals surface area contributed by atoms with E-state index >= 15 is 0 Å². The van der Waals surface area contributed by atoms with Crippen LogP contribution in [0.5, 0.6) is 0 Å². The molecule has 0 aliphatic heterocycles. The molecule has 2 aromatic rings. The SMILES string of the molecule is CC(=O)Nc1nc2ccc(NC(=O)C3CC4CCCC(C3)C4N)cc2s1.Cl.Cl. The van der Waals surface area contributed by atoms with Gasteiger partial charge in [0.05, 0.1) is 10.2 Å². The molecule has 2 bridgehead atoms. The molecule has 0 spiro atoms. The van der Waals surface area contributed by atoms with E-state index in [0.717, 1.165) is 41.6 Å². The van der Waals surface area contributed by atoms with Crippen molar-refractivity contribution in [3.05, 3.63) is 18.2 Å². The van der Waals surface area contributed by atoms with Gasteiger partial charge in [0.1, 0.15) is 0 Å². The van der Waals surface area contributed by atoms with E-state index in [9.17, 15) is 9.59 Å². The molecule has 9 heteroatoms. The number of nitrogens with one attached hydrogen (secondary N) is 2. The zero-order chi connectivity index (χ0) is 18.3. The summed E-state index contributed by atoms with van der Waals surface area (Å²) in [5.41, 5.74) is 7.92. The van der Waals surface area contributed by atoms with Gasteiger partial charge in [0.25, 0.3) is 0 Å². The van der Waals surface area contributed by atoms with Crippen LogP contribution in [0.3, 0.4) is 0 Å². The van der Waals surface area contributed by atoms with Crippen LogP contribution in [0.4, 0.5) is 10.8 Å². The minimum atomic E-state index is -0.140. The van der Waals surface area contributed by atoms with Gasteiger partial charge in [-0.1, -0.05) is 17.8 Å². The highest BCUT2D eigenvalue weighted by atomic mass is 35.5. The molecule has 2 aliphatic carbocycles. The largest absolute Gasteiger partial charge is 0.327 e. The molecule has 0 saturated heterocycles. The highest BCUT2D eigenvalue weighted by molar-refractivity contribution is 7.22. The van der Waals surface area contributed by atoms with Gasteiger partial charge in [-0.05, 0) is 55.7 Å². The quantitative estimate of drug-likeness (QED) is 0.660. The van der Waals surface area contributed by atoms with Crippen LogP contribution in [0.15, 0.2) is 18.2 Å². The molecule has 2 unspecified atom stereocenters. The van der Waals surface area contributed by atoms with Gasteiger partial charge >= 0.3 is 0 Å². The highest BCUT2D eigenvalue weighted by Gasteiger charge is 2.40. The lowest BCUT2D eigenvalue weighted by molar-refractivity contribution is -0.122. The molecule has 2 amide bonds. The van der Waals surface area contributed by atoms with Crippen LogP contribution in [0, 0.1) is 17.8 Å². The van der Waals surface area contributed by atoms with Crippen molar-refractivity contribution < 1.29 is 9.59 Å². The molecule has 28 heavy (non-hydrogen) atoms. The predicted molar refractivity (Wildman–Crippen MR) is 119 cm³/mol. The van der Waals surface area contributed by atoms with Crippen molar-refractivity contribution in [3.63, 3.8) is 0 Å². The molecule has 4 N–H and O–H groups in total. The zero-order valence-corrected chi connectivity index (χ0v) is 18.1. The molecule has 1 aromatic carbocycles. The fraction of sp³-hybridized carbons (Fsp3) is 0.526. The van der Waals surface area contributed by atoms with Crippen molar-refractivity contribution in [3.8, 4) is 0 Å². The molecular weight excluding hydrogens is 419 g/mol. The van der Waals surface area contributed by atoms with Gasteiger partial charge in [0.15, 0.2) is 5.13 Å². The number of hydrogen-bond acceptors (Lipinski definition) is 5. The van der Waals surface area contributed by atoms with E-state index in [1.165, 1.54) is 24.7 Å². The van der Waals surface area contributed by atoms with Crippen molar-refractivity contribution in [1.29, 1.82) is 0 Å². The number of amides is 2. The Morgan fingerprint density at radius 3 is 2.46 bits per heavy atom. The van der Waals surface area contributed by atoms with Crippen molar-refractivity contribution in [2.45, 2.75) is 45.1 Å². The van der Waals surface area contributed by atoms with E-state index in [-0.39, 0.29) is 48.6 Å². The summed E-state index contributed by atoms with van der Waals surface area (Å²) in [5.74, 6) is 0.987. The Hall–Kier alpha value is -1.41. The summed E-state index contributed by atoms with van der Waals surface area (Å²) in [4.78, 5) is 28.3. The summed E-state index contributed by atoms with van der Waals surface area (Å²) in [6.45, 7) is 1.46. The van der Waals surface area contributed by atoms with Gasteiger partial charge < -0.3 is 16.4 Å². The molecule has 154 valence electrons. The van der Waals surface area contributed by atoms with E-state index in [2.05, 4.69) is 15.6 Å². The molecule has 2 atom stereocenters. The number of nitrogens with two attached hydrogens (primary N) is 1. The summed E-state index contributed by atoms with van der Waals surface area (Å²) >= 11 is 1.41. The number of rotatable bonds is 3. The second-order valence-electron chi connectivity index (χ2n) is 7.57. The first-order valence-electron chi connectivity index (χ1n) is 9.24. The minimum Gasteiger partial charge on any atom is -0.327 e. The minimum absolute atomic E-state index is 0. The van der Waals surface area contributed by atoms with Gasteiger partial charge in [-0.15, -0.1) is 24.8 Å². The van der Waals surface area contributed by atoms with Crippen molar-refractivity contribution in [1.82, 2.24) is 4.98 Å². The monoisotopic (exact) mass is 444 g/mol. The second-order valence-corrected chi connectivity index (χ2v) is 8.60. The average Bonchev–Trinajstić information content (AvgIpc) is 2.95. The third-order valence-corrected chi connectivity index (χ3v) is 6.66. The Balaban J connectivity index is 0.00000140. The highest BCUT2D eigenvalue weighted by Crippen LogP contribution is 2.42. The maximum absolute atomic E-state index is 12.8. The second kappa shape index (κ2) is 9.39. The van der Waals surface area contributed by atoms with Crippen molar-refractivity contribution in [2.24, 2.45) is 23.5 Å². The number of nitrogens with zero attached hydrogens (tertiary/aromatic N) is 1. The average molecular weight is 445 g/mol. The first kappa shape index (κ1) is 22.9. The maximum atomic E-state index is 12.8. The Labute approximate surface area is 180 Å². The first-order chi connectivity index (χ1) is 12.5. The lowest BCUT2D eigenvalue weighted by Gasteiger charge is -2.43. The zero-order valence-electron chi connectivity index (χ0n) is 15.6. The smallest absolute Gasteiger partial charge is 0.227 e. The number of anilines is 2. The summed E-state index contributed by atoms with van der Waals surface area (Å²) < 4.78 is 0.939. The van der Waals surface area contributed by atoms with Gasteiger partial charge in [0.2, 0.25) is 11.8 Å². The number of carbonyl (C=O) groups is 2. The number of hydrogen-bond donors (Lipinski definition) is 3. The molecular formula is C19H26Cl2N4O2S. The summed E-state index contributed by atoms with van der Waals surface area (Å²) in [6.07, 6.45) is 5.36. The molecule has 2 saturated carbocycles. The lowest BCUT2D eigenvalue weighted by Crippen LogP contribution is -2.48. The number of aromatic nitrogens is 1. The number of fused-ring (bicyclic) bond motifs is 3. The van der Waals surface area contributed by atoms with E-state index in [4.69, 9.17) is 5.73 Å². The third-order valence-electron chi connectivity index (χ3n) is 5.72. The Bertz CT molecular complexity index is 846. The Morgan fingerprint density at radius 1 is 1.14 bits per heavy atom. The molecule has 0 radical (unpaired) electrons. The van der Waals surface area contributed by atoms with Gasteiger partial charge in [-0.2, -0.15) is 0 Å². The summed E-state index contributed by atoms with van der Waals surface area (Å²) in [5, 5.41) is 6.35. The van der Waals surface area contributed by atoms with E-state index < -0.39 is 0 Å². The molecule has 1 aromatic heterocycles. The van der Waals surface area contributed by atoms with Crippen molar-refractivity contribution in [2.75, 3.05) is 10.6 Å². The molecule has 1 heterocycles. The van der Waals surface area contributed by atoms with Crippen LogP contribution in [0.1, 0.15) is 39.0 Å². The van der Waals surface area contributed by atoms with Crippen LogP contribution in [-0.2, 0) is 9.59 Å². The number of thiazole rings is 1.